The molecule has 2 aromatic rings. The van der Waals surface area contributed by atoms with E-state index in [0.29, 0.717) is 6.54 Å². The van der Waals surface area contributed by atoms with Crippen molar-refractivity contribution < 1.29 is 4.79 Å². The second-order valence-electron chi connectivity index (χ2n) is 6.95. The fourth-order valence-electron chi connectivity index (χ4n) is 2.94. The van der Waals surface area contributed by atoms with Crippen molar-refractivity contribution in [3.8, 4) is 0 Å². The van der Waals surface area contributed by atoms with Gasteiger partial charge >= 0.3 is 0 Å². The molecule has 0 heterocycles. The Morgan fingerprint density at radius 1 is 0.926 bits per heavy atom. The molecule has 148 valence electrons. The molecule has 4 nitrogen and oxygen atoms in total. The zero-order valence-corrected chi connectivity index (χ0v) is 17.1. The van der Waals surface area contributed by atoms with Crippen LogP contribution >= 0.6 is 24.8 Å². The summed E-state index contributed by atoms with van der Waals surface area (Å²) in [7, 11) is 0. The van der Waals surface area contributed by atoms with E-state index < -0.39 is 5.54 Å². The van der Waals surface area contributed by atoms with Crippen LogP contribution in [0, 0.1) is 0 Å². The fourth-order valence-corrected chi connectivity index (χ4v) is 2.94. The third-order valence-electron chi connectivity index (χ3n) is 4.68. The fraction of sp³-hybridized carbons (Fsp3) is 0.381. The van der Waals surface area contributed by atoms with Crippen molar-refractivity contribution in [1.29, 1.82) is 0 Å². The van der Waals surface area contributed by atoms with Crippen molar-refractivity contribution in [1.82, 2.24) is 10.2 Å². The van der Waals surface area contributed by atoms with E-state index in [-0.39, 0.29) is 30.7 Å². The Morgan fingerprint density at radius 2 is 1.41 bits per heavy atom. The lowest BCUT2D eigenvalue weighted by atomic mass is 10.1. The average molecular weight is 410 g/mol. The molecule has 0 aromatic heterocycles. The van der Waals surface area contributed by atoms with Gasteiger partial charge in [-0.3, -0.25) is 9.69 Å². The van der Waals surface area contributed by atoms with Gasteiger partial charge in [-0.1, -0.05) is 60.7 Å². The van der Waals surface area contributed by atoms with Gasteiger partial charge in [-0.2, -0.15) is 0 Å². The maximum absolute atomic E-state index is 11.9. The highest BCUT2D eigenvalue weighted by Crippen LogP contribution is 2.31. The maximum atomic E-state index is 11.9. The van der Waals surface area contributed by atoms with Gasteiger partial charge in [0.1, 0.15) is 0 Å². The third kappa shape index (κ3) is 7.51. The predicted molar refractivity (Wildman–Crippen MR) is 115 cm³/mol. The highest BCUT2D eigenvalue weighted by atomic mass is 35.5. The van der Waals surface area contributed by atoms with Crippen LogP contribution in [-0.4, -0.2) is 29.4 Å². The smallest absolute Gasteiger partial charge is 0.240 e. The normalized spacial score (nSPS) is 14.0. The summed E-state index contributed by atoms with van der Waals surface area (Å²) < 4.78 is 0. The number of halogens is 2. The van der Waals surface area contributed by atoms with Gasteiger partial charge in [-0.25, -0.2) is 0 Å². The molecule has 0 unspecified atom stereocenters. The van der Waals surface area contributed by atoms with Crippen LogP contribution < -0.4 is 11.1 Å². The van der Waals surface area contributed by atoms with Gasteiger partial charge < -0.3 is 11.1 Å². The third-order valence-corrected chi connectivity index (χ3v) is 4.68. The van der Waals surface area contributed by atoms with E-state index in [4.69, 9.17) is 5.73 Å². The first-order chi connectivity index (χ1) is 12.2. The van der Waals surface area contributed by atoms with E-state index in [1.807, 2.05) is 12.1 Å². The second kappa shape index (κ2) is 11.3. The summed E-state index contributed by atoms with van der Waals surface area (Å²) in [5, 5.41) is 2.98. The zero-order valence-electron chi connectivity index (χ0n) is 15.5. The molecule has 1 fully saturated rings. The van der Waals surface area contributed by atoms with Crippen LogP contribution in [0.2, 0.25) is 0 Å². The van der Waals surface area contributed by atoms with Gasteiger partial charge in [0.15, 0.2) is 0 Å². The lowest BCUT2D eigenvalue weighted by molar-refractivity contribution is -0.123. The number of amides is 1. The number of benzene rings is 2. The lowest BCUT2D eigenvalue weighted by Gasteiger charge is -2.23. The Bertz CT molecular complexity index is 637. The minimum atomic E-state index is -0.576. The lowest BCUT2D eigenvalue weighted by Crippen LogP contribution is -2.43. The molecule has 6 heteroatoms. The van der Waals surface area contributed by atoms with E-state index >= 15 is 0 Å². The molecular weight excluding hydrogens is 381 g/mol. The first kappa shape index (κ1) is 23.4. The Morgan fingerprint density at radius 3 is 1.85 bits per heavy atom. The monoisotopic (exact) mass is 409 g/mol. The molecule has 1 aliphatic rings. The summed E-state index contributed by atoms with van der Waals surface area (Å²) >= 11 is 0. The largest absolute Gasteiger partial charge is 0.354 e. The molecular formula is C21H29Cl2N3O. The van der Waals surface area contributed by atoms with Crippen molar-refractivity contribution in [2.24, 2.45) is 5.73 Å². The van der Waals surface area contributed by atoms with Crippen LogP contribution in [0.5, 0.6) is 0 Å². The Labute approximate surface area is 174 Å². The molecule has 0 saturated heterocycles. The molecule has 0 aliphatic heterocycles. The summed E-state index contributed by atoms with van der Waals surface area (Å²) in [5.41, 5.74) is 7.95. The molecule has 27 heavy (non-hydrogen) atoms. The van der Waals surface area contributed by atoms with Gasteiger partial charge in [-0.05, 0) is 30.4 Å². The molecule has 2 aromatic carbocycles. The predicted octanol–water partition coefficient (Wildman–Crippen LogP) is 3.53. The first-order valence-electron chi connectivity index (χ1n) is 9.03. The summed E-state index contributed by atoms with van der Waals surface area (Å²) in [6.07, 6.45) is 2.54. The van der Waals surface area contributed by atoms with Gasteiger partial charge in [-0.15, -0.1) is 24.8 Å². The quantitative estimate of drug-likeness (QED) is 0.622. The molecule has 0 spiro atoms. The second-order valence-corrected chi connectivity index (χ2v) is 6.95. The van der Waals surface area contributed by atoms with Crippen LogP contribution in [0.1, 0.15) is 30.4 Å². The number of hydrogen-bond donors (Lipinski definition) is 2. The average Bonchev–Trinajstić information content (AvgIpc) is 3.39. The molecule has 1 saturated carbocycles. The molecule has 1 amide bonds. The standard InChI is InChI=1S/C21H27N3O.2ClH/c22-21(12-13-21)20(25)23-14-7-15-24(16-18-8-3-1-4-9-18)17-19-10-5-2-6-11-19;;/h1-6,8-11H,7,12-17,22H2,(H,23,25);2*1H. The summed E-state index contributed by atoms with van der Waals surface area (Å²) in [4.78, 5) is 14.3. The Hall–Kier alpha value is -1.59. The molecule has 0 bridgehead atoms. The van der Waals surface area contributed by atoms with Crippen molar-refractivity contribution in [2.45, 2.75) is 37.9 Å². The Kier molecular flexibility index (Phi) is 9.81. The number of hydrogen-bond acceptors (Lipinski definition) is 3. The van der Waals surface area contributed by atoms with Gasteiger partial charge in [0.2, 0.25) is 5.91 Å². The van der Waals surface area contributed by atoms with E-state index in [2.05, 4.69) is 58.7 Å². The molecule has 3 rings (SSSR count). The van der Waals surface area contributed by atoms with Crippen molar-refractivity contribution in [3.63, 3.8) is 0 Å². The maximum Gasteiger partial charge on any atom is 0.240 e. The number of nitrogens with two attached hydrogens (primary N) is 1. The first-order valence-corrected chi connectivity index (χ1v) is 9.03. The van der Waals surface area contributed by atoms with Crippen molar-refractivity contribution >= 4 is 30.7 Å². The molecule has 3 N–H and O–H groups in total. The van der Waals surface area contributed by atoms with E-state index in [9.17, 15) is 4.79 Å². The number of nitrogens with zero attached hydrogens (tertiary/aromatic N) is 1. The highest BCUT2D eigenvalue weighted by Gasteiger charge is 2.45. The molecule has 1 aliphatic carbocycles. The Balaban J connectivity index is 0.00000182. The summed E-state index contributed by atoms with van der Waals surface area (Å²) in [6.45, 7) is 3.43. The highest BCUT2D eigenvalue weighted by molar-refractivity contribution is 5.88. The van der Waals surface area contributed by atoms with Gasteiger partial charge in [0.25, 0.3) is 0 Å². The van der Waals surface area contributed by atoms with Crippen molar-refractivity contribution in [3.05, 3.63) is 71.8 Å². The molecule has 0 atom stereocenters. The number of rotatable bonds is 9. The van der Waals surface area contributed by atoms with Crippen molar-refractivity contribution in [2.75, 3.05) is 13.1 Å². The number of nitrogens with one attached hydrogen (secondary N) is 1. The minimum Gasteiger partial charge on any atom is -0.354 e. The van der Waals surface area contributed by atoms with Gasteiger partial charge in [0, 0.05) is 26.2 Å². The number of carbonyl (C=O) groups is 1. The number of carbonyl (C=O) groups excluding carboxylic acids is 1. The SMILES string of the molecule is Cl.Cl.NC1(C(=O)NCCCN(Cc2ccccc2)Cc2ccccc2)CC1. The van der Waals surface area contributed by atoms with Crippen LogP contribution in [-0.2, 0) is 17.9 Å². The van der Waals surface area contributed by atoms with E-state index in [0.717, 1.165) is 38.9 Å². The van der Waals surface area contributed by atoms with Crippen LogP contribution in [0.4, 0.5) is 0 Å². The van der Waals surface area contributed by atoms with Crippen LogP contribution in [0.15, 0.2) is 60.7 Å². The topological polar surface area (TPSA) is 58.4 Å². The molecule has 0 radical (unpaired) electrons. The summed E-state index contributed by atoms with van der Waals surface area (Å²) in [6, 6.07) is 21.0. The van der Waals surface area contributed by atoms with Gasteiger partial charge in [0.05, 0.1) is 5.54 Å². The summed E-state index contributed by atoms with van der Waals surface area (Å²) in [5.74, 6) is 0.00479. The van der Waals surface area contributed by atoms with Crippen LogP contribution in [0.3, 0.4) is 0 Å². The van der Waals surface area contributed by atoms with E-state index in [1.54, 1.807) is 0 Å². The van der Waals surface area contributed by atoms with Crippen LogP contribution in [0.25, 0.3) is 0 Å². The zero-order chi connectivity index (χ0) is 17.5. The minimum absolute atomic E-state index is 0. The van der Waals surface area contributed by atoms with E-state index in [1.165, 1.54) is 11.1 Å².